The summed E-state index contributed by atoms with van der Waals surface area (Å²) in [6.07, 6.45) is 0. The quantitative estimate of drug-likeness (QED) is 0.165. The molecule has 1 aliphatic carbocycles. The van der Waals surface area contributed by atoms with Crippen LogP contribution < -0.4 is 4.90 Å². The highest BCUT2D eigenvalue weighted by molar-refractivity contribution is 6.23. The molecule has 0 fully saturated rings. The summed E-state index contributed by atoms with van der Waals surface area (Å²) >= 11 is 0. The predicted octanol–water partition coefficient (Wildman–Crippen LogP) is 14.9. The van der Waals surface area contributed by atoms with Crippen molar-refractivity contribution in [2.24, 2.45) is 0 Å². The number of benzene rings is 9. The first kappa shape index (κ1) is 32.9. The first-order valence-electron chi connectivity index (χ1n) is 19.9. The van der Waals surface area contributed by atoms with Crippen LogP contribution in [0.25, 0.3) is 76.8 Å². The van der Waals surface area contributed by atoms with Crippen LogP contribution in [0.4, 0.5) is 11.4 Å². The standard InChI is InChI=1S/C55H43N/c1-54(2)45-24-11-10-21-42(45)53-43(23-15-26-48(53)54)52-40-20-9-8-19-39(40)51(36-29-31-47-50(33-36)56(5)49-27-13-12-25-46(49)55(47,3)4)41-30-28-35(32-44(41)52)38-22-14-17-34-16-6-7-18-37(34)38/h6-33H,1-5H3. The Labute approximate surface area is 329 Å². The van der Waals surface area contributed by atoms with E-state index >= 15 is 0 Å². The maximum Gasteiger partial charge on any atom is 0.0455 e. The van der Waals surface area contributed by atoms with Crippen molar-refractivity contribution >= 4 is 43.7 Å². The smallest absolute Gasteiger partial charge is 0.0455 e. The zero-order chi connectivity index (χ0) is 37.9. The van der Waals surface area contributed by atoms with Crippen LogP contribution in [0.3, 0.4) is 0 Å². The molecule has 0 atom stereocenters. The highest BCUT2D eigenvalue weighted by atomic mass is 15.1. The van der Waals surface area contributed by atoms with Gasteiger partial charge >= 0.3 is 0 Å². The Hall–Kier alpha value is -6.44. The number of hydrogen-bond donors (Lipinski definition) is 0. The van der Waals surface area contributed by atoms with Crippen molar-refractivity contribution in [1.29, 1.82) is 0 Å². The van der Waals surface area contributed by atoms with E-state index < -0.39 is 0 Å². The first-order chi connectivity index (χ1) is 27.2. The van der Waals surface area contributed by atoms with Gasteiger partial charge in [-0.05, 0) is 117 Å². The van der Waals surface area contributed by atoms with Crippen molar-refractivity contribution in [3.8, 4) is 44.5 Å². The molecule has 0 radical (unpaired) electrons. The maximum atomic E-state index is 2.48. The van der Waals surface area contributed by atoms with E-state index in [-0.39, 0.29) is 10.8 Å². The number of rotatable bonds is 3. The summed E-state index contributed by atoms with van der Waals surface area (Å²) in [6, 6.07) is 64.0. The third-order valence-electron chi connectivity index (χ3n) is 13.3. The maximum absolute atomic E-state index is 2.48. The first-order valence-corrected chi connectivity index (χ1v) is 19.9. The van der Waals surface area contributed by atoms with Crippen LogP contribution in [0.2, 0.25) is 0 Å². The lowest BCUT2D eigenvalue weighted by Crippen LogP contribution is -2.30. The van der Waals surface area contributed by atoms with Crippen LogP contribution in [0.5, 0.6) is 0 Å². The molecular weight excluding hydrogens is 675 g/mol. The van der Waals surface area contributed by atoms with E-state index in [0.29, 0.717) is 0 Å². The van der Waals surface area contributed by atoms with E-state index in [0.717, 1.165) is 0 Å². The fourth-order valence-corrected chi connectivity index (χ4v) is 10.4. The van der Waals surface area contributed by atoms with E-state index in [2.05, 4.69) is 210 Å². The average molecular weight is 718 g/mol. The van der Waals surface area contributed by atoms with E-state index in [9.17, 15) is 0 Å². The lowest BCUT2D eigenvalue weighted by atomic mass is 9.73. The highest BCUT2D eigenvalue weighted by Crippen LogP contribution is 2.56. The lowest BCUT2D eigenvalue weighted by Gasteiger charge is -2.40. The third kappa shape index (κ3) is 4.49. The van der Waals surface area contributed by atoms with Gasteiger partial charge in [-0.3, -0.25) is 0 Å². The van der Waals surface area contributed by atoms with Gasteiger partial charge < -0.3 is 4.90 Å². The molecule has 56 heavy (non-hydrogen) atoms. The monoisotopic (exact) mass is 717 g/mol. The molecule has 0 spiro atoms. The lowest BCUT2D eigenvalue weighted by molar-refractivity contribution is 0.629. The summed E-state index contributed by atoms with van der Waals surface area (Å²) in [5.41, 5.74) is 18.1. The van der Waals surface area contributed by atoms with Gasteiger partial charge in [-0.15, -0.1) is 0 Å². The van der Waals surface area contributed by atoms with E-state index in [1.807, 2.05) is 0 Å². The number of nitrogens with zero attached hydrogens (tertiary/aromatic N) is 1. The van der Waals surface area contributed by atoms with Crippen LogP contribution in [0.15, 0.2) is 170 Å². The SMILES string of the molecule is CN1c2ccccc2C(C)(C)c2ccc(-c3c4ccccc4c(-c4cccc5c4-c4ccccc4C5(C)C)c4cc(-c5cccc6ccccc56)ccc34)cc21. The summed E-state index contributed by atoms with van der Waals surface area (Å²) in [5, 5.41) is 7.62. The van der Waals surface area contributed by atoms with E-state index in [4.69, 9.17) is 0 Å². The van der Waals surface area contributed by atoms with Crippen LogP contribution in [-0.2, 0) is 10.8 Å². The second kappa shape index (κ2) is 11.8. The summed E-state index contributed by atoms with van der Waals surface area (Å²) < 4.78 is 0. The molecule has 0 bridgehead atoms. The van der Waals surface area contributed by atoms with Gasteiger partial charge in [0.05, 0.1) is 0 Å². The Morgan fingerprint density at radius 1 is 0.339 bits per heavy atom. The molecule has 1 heteroatoms. The average Bonchev–Trinajstić information content (AvgIpc) is 3.47. The molecule has 0 saturated heterocycles. The summed E-state index contributed by atoms with van der Waals surface area (Å²) in [6.45, 7) is 9.49. The van der Waals surface area contributed by atoms with Gasteiger partial charge in [0.2, 0.25) is 0 Å². The summed E-state index contributed by atoms with van der Waals surface area (Å²) in [7, 11) is 2.22. The molecule has 0 aromatic heterocycles. The Morgan fingerprint density at radius 3 is 1.73 bits per heavy atom. The summed E-state index contributed by atoms with van der Waals surface area (Å²) in [4.78, 5) is 2.39. The topological polar surface area (TPSA) is 3.24 Å². The molecule has 1 heterocycles. The summed E-state index contributed by atoms with van der Waals surface area (Å²) in [5.74, 6) is 0. The van der Waals surface area contributed by atoms with Crippen molar-refractivity contribution in [1.82, 2.24) is 0 Å². The zero-order valence-corrected chi connectivity index (χ0v) is 32.6. The molecule has 1 nitrogen and oxygen atoms in total. The Morgan fingerprint density at radius 2 is 0.893 bits per heavy atom. The molecule has 0 saturated carbocycles. The van der Waals surface area contributed by atoms with E-state index in [1.165, 1.54) is 110 Å². The molecule has 0 N–H and O–H groups in total. The minimum absolute atomic E-state index is 0.0941. The molecule has 0 unspecified atom stereocenters. The Kier molecular flexibility index (Phi) is 6.93. The van der Waals surface area contributed by atoms with Gasteiger partial charge in [0.25, 0.3) is 0 Å². The number of hydrogen-bond acceptors (Lipinski definition) is 1. The molecule has 11 rings (SSSR count). The molecule has 9 aromatic carbocycles. The van der Waals surface area contributed by atoms with Gasteiger partial charge in [-0.2, -0.15) is 0 Å². The number of para-hydroxylation sites is 1. The molecule has 0 amide bonds. The molecule has 9 aromatic rings. The fraction of sp³-hybridized carbons (Fsp3) is 0.127. The van der Waals surface area contributed by atoms with Crippen molar-refractivity contribution in [2.75, 3.05) is 11.9 Å². The fourth-order valence-electron chi connectivity index (χ4n) is 10.4. The van der Waals surface area contributed by atoms with Gasteiger partial charge in [0, 0.05) is 29.3 Å². The van der Waals surface area contributed by atoms with Gasteiger partial charge in [-0.25, -0.2) is 0 Å². The van der Waals surface area contributed by atoms with Crippen LogP contribution >= 0.6 is 0 Å². The van der Waals surface area contributed by atoms with Crippen molar-refractivity contribution in [2.45, 2.75) is 38.5 Å². The Balaban J connectivity index is 1.25. The normalized spacial score (nSPS) is 14.8. The van der Waals surface area contributed by atoms with Crippen LogP contribution in [-0.4, -0.2) is 7.05 Å². The number of fused-ring (bicyclic) bond motifs is 8. The van der Waals surface area contributed by atoms with Crippen molar-refractivity contribution in [3.63, 3.8) is 0 Å². The van der Waals surface area contributed by atoms with Gasteiger partial charge in [-0.1, -0.05) is 179 Å². The molecular formula is C55H43N. The third-order valence-corrected chi connectivity index (χ3v) is 13.3. The van der Waals surface area contributed by atoms with Gasteiger partial charge in [0.1, 0.15) is 0 Å². The van der Waals surface area contributed by atoms with Crippen LogP contribution in [0, 0.1) is 0 Å². The second-order valence-electron chi connectivity index (χ2n) is 16.9. The minimum atomic E-state index is -0.115. The number of anilines is 2. The van der Waals surface area contributed by atoms with Crippen molar-refractivity contribution < 1.29 is 0 Å². The molecule has 268 valence electrons. The molecule has 2 aliphatic rings. The van der Waals surface area contributed by atoms with Crippen molar-refractivity contribution in [3.05, 3.63) is 192 Å². The van der Waals surface area contributed by atoms with E-state index in [1.54, 1.807) is 0 Å². The second-order valence-corrected chi connectivity index (χ2v) is 16.9. The van der Waals surface area contributed by atoms with Gasteiger partial charge in [0.15, 0.2) is 0 Å². The zero-order valence-electron chi connectivity index (χ0n) is 32.6. The highest BCUT2D eigenvalue weighted by Gasteiger charge is 2.38. The van der Waals surface area contributed by atoms with Crippen LogP contribution in [0.1, 0.15) is 49.9 Å². The molecule has 1 aliphatic heterocycles. The Bertz CT molecular complexity index is 3100. The minimum Gasteiger partial charge on any atom is -0.344 e. The predicted molar refractivity (Wildman–Crippen MR) is 239 cm³/mol. The largest absolute Gasteiger partial charge is 0.344 e.